The summed E-state index contributed by atoms with van der Waals surface area (Å²) in [6.07, 6.45) is -0.841. The third-order valence-corrected chi connectivity index (χ3v) is 8.42. The largest absolute Gasteiger partial charge is 0.480 e. The van der Waals surface area contributed by atoms with Crippen molar-refractivity contribution in [1.29, 1.82) is 0 Å². The number of carboxylic acids is 3. The van der Waals surface area contributed by atoms with Crippen molar-refractivity contribution in [2.24, 2.45) is 5.92 Å². The summed E-state index contributed by atoms with van der Waals surface area (Å²) in [5.74, 6) is -3.66. The molecule has 0 aromatic heterocycles. The van der Waals surface area contributed by atoms with Crippen LogP contribution in [0, 0.1) is 5.92 Å². The lowest BCUT2D eigenvalue weighted by Crippen LogP contribution is -2.56. The highest BCUT2D eigenvalue weighted by Crippen LogP contribution is 2.27. The van der Waals surface area contributed by atoms with Gasteiger partial charge in [0.25, 0.3) is 0 Å². The summed E-state index contributed by atoms with van der Waals surface area (Å²) in [6, 6.07) is 8.32. The molecule has 0 radical (unpaired) electrons. The molecule has 254 valence electrons. The molecule has 2 fully saturated rings. The van der Waals surface area contributed by atoms with Crippen LogP contribution in [0.3, 0.4) is 0 Å². The number of ether oxygens (including phenoxy) is 2. The van der Waals surface area contributed by atoms with Gasteiger partial charge in [0.05, 0.1) is 51.2 Å². The van der Waals surface area contributed by atoms with Gasteiger partial charge in [-0.15, -0.1) is 0 Å². The average molecular weight is 660 g/mol. The predicted octanol–water partition coefficient (Wildman–Crippen LogP) is -1.90. The van der Waals surface area contributed by atoms with E-state index in [1.807, 2.05) is 35.2 Å². The van der Waals surface area contributed by atoms with Crippen molar-refractivity contribution in [3.63, 3.8) is 0 Å². The molecule has 0 spiro atoms. The summed E-state index contributed by atoms with van der Waals surface area (Å²) < 4.78 is 39.0. The molecular formula is C28H45N5O11S. The van der Waals surface area contributed by atoms with Gasteiger partial charge in [0.1, 0.15) is 0 Å². The molecule has 0 saturated carbocycles. The van der Waals surface area contributed by atoms with Crippen LogP contribution in [0.25, 0.3) is 0 Å². The van der Waals surface area contributed by atoms with E-state index in [1.165, 1.54) is 0 Å². The molecule has 2 heterocycles. The number of aliphatic hydroxyl groups is 1. The maximum Gasteiger partial charge on any atom is 0.317 e. The van der Waals surface area contributed by atoms with Crippen LogP contribution in [0.5, 0.6) is 0 Å². The lowest BCUT2D eigenvalue weighted by Gasteiger charge is -2.38. The van der Waals surface area contributed by atoms with Crippen molar-refractivity contribution < 1.29 is 52.7 Å². The maximum absolute atomic E-state index is 12.3. The average Bonchev–Trinajstić information content (AvgIpc) is 2.96. The van der Waals surface area contributed by atoms with Gasteiger partial charge < -0.3 is 29.9 Å². The van der Waals surface area contributed by atoms with Gasteiger partial charge in [0.15, 0.2) is 6.29 Å². The molecule has 17 heteroatoms. The zero-order valence-electron chi connectivity index (χ0n) is 25.4. The summed E-state index contributed by atoms with van der Waals surface area (Å²) >= 11 is 0. The van der Waals surface area contributed by atoms with E-state index >= 15 is 0 Å². The molecule has 0 amide bonds. The molecule has 5 N–H and O–H groups in total. The van der Waals surface area contributed by atoms with Crippen molar-refractivity contribution in [3.05, 3.63) is 35.9 Å². The second-order valence-corrected chi connectivity index (χ2v) is 13.2. The summed E-state index contributed by atoms with van der Waals surface area (Å²) in [5, 5.41) is 39.7. The topological polar surface area (TPSA) is 210 Å². The Morgan fingerprint density at radius 1 is 0.778 bits per heavy atom. The first-order chi connectivity index (χ1) is 21.3. The molecule has 1 aromatic carbocycles. The van der Waals surface area contributed by atoms with Gasteiger partial charge in [-0.25, -0.2) is 13.1 Å². The number of sulfonamides is 1. The zero-order valence-corrected chi connectivity index (χ0v) is 26.3. The second-order valence-electron chi connectivity index (χ2n) is 11.5. The van der Waals surface area contributed by atoms with Crippen LogP contribution in [0.15, 0.2) is 30.3 Å². The number of aliphatic hydroxyl groups excluding tert-OH is 1. The molecule has 0 bridgehead atoms. The zero-order chi connectivity index (χ0) is 33.0. The Labute approximate surface area is 263 Å². The number of benzene rings is 1. The third-order valence-electron chi connectivity index (χ3n) is 7.72. The molecule has 0 aliphatic carbocycles. The molecular weight excluding hydrogens is 614 g/mol. The third kappa shape index (κ3) is 13.6. The number of hydrogen-bond donors (Lipinski definition) is 5. The minimum atomic E-state index is -3.75. The summed E-state index contributed by atoms with van der Waals surface area (Å²) in [6.45, 7) is 1.53. The predicted molar refractivity (Wildman–Crippen MR) is 161 cm³/mol. The molecule has 45 heavy (non-hydrogen) atoms. The SMILES string of the molecule is CS(=O)(=O)NC(C(O)CN1CCN(CC(=O)O)CCN(CC(=O)O)CCN(CC(=O)O)CC1)C1COC(c2ccccc2)OC1. The van der Waals surface area contributed by atoms with E-state index in [4.69, 9.17) is 9.47 Å². The lowest BCUT2D eigenvalue weighted by atomic mass is 9.96. The van der Waals surface area contributed by atoms with E-state index in [9.17, 15) is 43.2 Å². The van der Waals surface area contributed by atoms with Gasteiger partial charge in [-0.05, 0) is 0 Å². The van der Waals surface area contributed by atoms with Gasteiger partial charge >= 0.3 is 17.9 Å². The Bertz CT molecular complexity index is 1170. The molecule has 1 aromatic rings. The molecule has 3 rings (SSSR count). The minimum absolute atomic E-state index is 0.00123. The highest BCUT2D eigenvalue weighted by atomic mass is 32.2. The van der Waals surface area contributed by atoms with Crippen molar-refractivity contribution in [3.8, 4) is 0 Å². The Morgan fingerprint density at radius 2 is 1.18 bits per heavy atom. The van der Waals surface area contributed by atoms with Gasteiger partial charge in [0, 0.05) is 70.4 Å². The number of carboxylic acid groups (broad SMARTS) is 3. The summed E-state index contributed by atoms with van der Waals surface area (Å²) in [4.78, 5) is 41.4. The fraction of sp³-hybridized carbons (Fsp3) is 0.679. The van der Waals surface area contributed by atoms with Crippen LogP contribution >= 0.6 is 0 Å². The monoisotopic (exact) mass is 659 g/mol. The smallest absolute Gasteiger partial charge is 0.317 e. The normalized spacial score (nSPS) is 23.8. The van der Waals surface area contributed by atoms with Crippen LogP contribution in [0.2, 0.25) is 0 Å². The number of aliphatic carboxylic acids is 3. The van der Waals surface area contributed by atoms with E-state index in [-0.39, 0.29) is 91.8 Å². The first-order valence-corrected chi connectivity index (χ1v) is 16.7. The van der Waals surface area contributed by atoms with Gasteiger partial charge in [-0.1, -0.05) is 30.3 Å². The number of rotatable bonds is 13. The Morgan fingerprint density at radius 3 is 1.56 bits per heavy atom. The molecule has 2 atom stereocenters. The van der Waals surface area contributed by atoms with E-state index in [1.54, 1.807) is 14.7 Å². The molecule has 2 unspecified atom stereocenters. The van der Waals surface area contributed by atoms with Crippen molar-refractivity contribution >= 4 is 27.9 Å². The molecule has 2 aliphatic heterocycles. The highest BCUT2D eigenvalue weighted by Gasteiger charge is 2.36. The highest BCUT2D eigenvalue weighted by molar-refractivity contribution is 7.88. The fourth-order valence-corrected chi connectivity index (χ4v) is 6.30. The Kier molecular flexibility index (Phi) is 14.5. The van der Waals surface area contributed by atoms with Crippen molar-refractivity contribution in [2.45, 2.75) is 18.4 Å². The van der Waals surface area contributed by atoms with E-state index in [0.29, 0.717) is 0 Å². The second kappa shape index (κ2) is 17.8. The number of nitrogens with zero attached hydrogens (tertiary/aromatic N) is 4. The molecule has 2 saturated heterocycles. The summed E-state index contributed by atoms with van der Waals surface area (Å²) in [5.41, 5.74) is 0.811. The van der Waals surface area contributed by atoms with E-state index in [2.05, 4.69) is 4.72 Å². The van der Waals surface area contributed by atoms with E-state index in [0.717, 1.165) is 11.8 Å². The lowest BCUT2D eigenvalue weighted by molar-refractivity contribution is -0.212. The standard InChI is InChI=1S/C28H45N5O11S/c1-45(41,42)29-27(22-19-43-28(44-20-22)21-5-3-2-4-6-21)23(34)15-30-7-9-31(16-24(35)36)11-13-33(18-26(39)40)14-12-32(10-8-30)17-25(37)38/h2-6,22-23,27-29,34H,7-20H2,1H3,(H,35,36)(H,37,38)(H,39,40). The number of carbonyl (C=O) groups is 3. The summed E-state index contributed by atoms with van der Waals surface area (Å²) in [7, 11) is -3.75. The van der Waals surface area contributed by atoms with Crippen LogP contribution in [-0.2, 0) is 33.9 Å². The van der Waals surface area contributed by atoms with Crippen LogP contribution < -0.4 is 4.72 Å². The number of nitrogens with one attached hydrogen (secondary N) is 1. The quantitative estimate of drug-likeness (QED) is 0.157. The van der Waals surface area contributed by atoms with Crippen LogP contribution in [-0.4, -0.2) is 177 Å². The maximum atomic E-state index is 12.3. The first kappa shape index (κ1) is 36.7. The van der Waals surface area contributed by atoms with Crippen molar-refractivity contribution in [1.82, 2.24) is 24.3 Å². The first-order valence-electron chi connectivity index (χ1n) is 14.8. The number of hydrogen-bond acceptors (Lipinski definition) is 12. The molecule has 2 aliphatic rings. The van der Waals surface area contributed by atoms with Gasteiger partial charge in [0.2, 0.25) is 10.0 Å². The Balaban J connectivity index is 1.75. The van der Waals surface area contributed by atoms with E-state index < -0.39 is 52.3 Å². The van der Waals surface area contributed by atoms with Crippen LogP contribution in [0.1, 0.15) is 11.9 Å². The van der Waals surface area contributed by atoms with Gasteiger partial charge in [-0.3, -0.25) is 34.0 Å². The van der Waals surface area contributed by atoms with Gasteiger partial charge in [-0.2, -0.15) is 0 Å². The fourth-order valence-electron chi connectivity index (χ4n) is 5.45. The van der Waals surface area contributed by atoms with Crippen LogP contribution in [0.4, 0.5) is 0 Å². The van der Waals surface area contributed by atoms with Crippen molar-refractivity contribution in [2.75, 3.05) is 98.0 Å². The minimum Gasteiger partial charge on any atom is -0.480 e. The Hall–Kier alpha value is -2.74. The molecule has 16 nitrogen and oxygen atoms in total. The number of β-amino-alcohol motifs (C(OH)–C–C–N with tert-alkyl or cyclic N) is 1.